The zero-order valence-corrected chi connectivity index (χ0v) is 12.3. The molecule has 0 aliphatic carbocycles. The van der Waals surface area contributed by atoms with Crippen LogP contribution in [0.3, 0.4) is 0 Å². The molecule has 0 unspecified atom stereocenters. The number of rotatable bonds is 9. The highest BCUT2D eigenvalue weighted by molar-refractivity contribution is 7.09. The summed E-state index contributed by atoms with van der Waals surface area (Å²) in [6.07, 6.45) is 2.75. The molecule has 4 N–H and O–H groups in total. The minimum absolute atomic E-state index is 0.690. The van der Waals surface area contributed by atoms with E-state index in [0.29, 0.717) is 6.54 Å². The lowest BCUT2D eigenvalue weighted by molar-refractivity contribution is 0.614. The summed E-state index contributed by atoms with van der Waals surface area (Å²) in [5.41, 5.74) is 7.31. The van der Waals surface area contributed by atoms with Gasteiger partial charge in [-0.25, -0.2) is 4.98 Å². The van der Waals surface area contributed by atoms with Crippen molar-refractivity contribution < 1.29 is 0 Å². The molecular weight excluding hydrogens is 270 g/mol. The number of thiazole rings is 1. The van der Waals surface area contributed by atoms with Gasteiger partial charge in [0.1, 0.15) is 0 Å². The van der Waals surface area contributed by atoms with Crippen molar-refractivity contribution in [2.24, 2.45) is 5.73 Å². The van der Waals surface area contributed by atoms with Crippen LogP contribution in [0.15, 0.2) is 29.8 Å². The zero-order valence-electron chi connectivity index (χ0n) is 11.5. The molecule has 0 atom stereocenters. The Bertz CT molecular complexity index is 485. The van der Waals surface area contributed by atoms with Crippen LogP contribution in [0.1, 0.15) is 5.01 Å². The molecule has 2 aromatic heterocycles. The predicted molar refractivity (Wildman–Crippen MR) is 83.8 cm³/mol. The van der Waals surface area contributed by atoms with Crippen LogP contribution in [0.25, 0.3) is 11.4 Å². The van der Waals surface area contributed by atoms with E-state index in [1.54, 1.807) is 17.5 Å². The van der Waals surface area contributed by atoms with Gasteiger partial charge in [-0.2, -0.15) is 0 Å². The SMILES string of the molecule is NCCNCCNCCc1nc(-c2ccccn2)cs1. The van der Waals surface area contributed by atoms with Gasteiger partial charge in [0.15, 0.2) is 0 Å². The van der Waals surface area contributed by atoms with Gasteiger partial charge in [-0.15, -0.1) is 11.3 Å². The number of pyridine rings is 1. The van der Waals surface area contributed by atoms with Crippen LogP contribution in [0.2, 0.25) is 0 Å². The van der Waals surface area contributed by atoms with Crippen molar-refractivity contribution in [3.05, 3.63) is 34.8 Å². The lowest BCUT2D eigenvalue weighted by atomic mass is 10.3. The van der Waals surface area contributed by atoms with Crippen molar-refractivity contribution in [1.82, 2.24) is 20.6 Å². The van der Waals surface area contributed by atoms with Crippen LogP contribution >= 0.6 is 11.3 Å². The molecule has 0 saturated carbocycles. The molecule has 0 saturated heterocycles. The van der Waals surface area contributed by atoms with Gasteiger partial charge in [-0.3, -0.25) is 4.98 Å². The van der Waals surface area contributed by atoms with Crippen molar-refractivity contribution in [3.8, 4) is 11.4 Å². The average molecular weight is 291 g/mol. The average Bonchev–Trinajstić information content (AvgIpc) is 2.96. The molecule has 20 heavy (non-hydrogen) atoms. The maximum atomic E-state index is 5.40. The molecule has 0 aromatic carbocycles. The van der Waals surface area contributed by atoms with Crippen molar-refractivity contribution in [2.45, 2.75) is 6.42 Å². The Morgan fingerprint density at radius 2 is 1.90 bits per heavy atom. The molecule has 0 spiro atoms. The number of nitrogens with one attached hydrogen (secondary N) is 2. The quantitative estimate of drug-likeness (QED) is 0.598. The molecular formula is C14H21N5S. The molecule has 0 aliphatic rings. The fourth-order valence-corrected chi connectivity index (χ4v) is 2.57. The molecule has 2 heterocycles. The summed E-state index contributed by atoms with van der Waals surface area (Å²) in [5.74, 6) is 0. The first-order valence-electron chi connectivity index (χ1n) is 6.87. The van der Waals surface area contributed by atoms with E-state index in [-0.39, 0.29) is 0 Å². The van der Waals surface area contributed by atoms with Crippen molar-refractivity contribution >= 4 is 11.3 Å². The van der Waals surface area contributed by atoms with Crippen molar-refractivity contribution in [3.63, 3.8) is 0 Å². The van der Waals surface area contributed by atoms with E-state index in [9.17, 15) is 0 Å². The third-order valence-corrected chi connectivity index (χ3v) is 3.70. The van der Waals surface area contributed by atoms with E-state index in [1.807, 2.05) is 18.2 Å². The van der Waals surface area contributed by atoms with Gasteiger partial charge in [0, 0.05) is 50.7 Å². The fraction of sp³-hybridized carbons (Fsp3) is 0.429. The molecule has 2 rings (SSSR count). The number of hydrogen-bond acceptors (Lipinski definition) is 6. The van der Waals surface area contributed by atoms with E-state index < -0.39 is 0 Å². The molecule has 2 aromatic rings. The van der Waals surface area contributed by atoms with Crippen LogP contribution in [0, 0.1) is 0 Å². The summed E-state index contributed by atoms with van der Waals surface area (Å²) in [7, 11) is 0. The Morgan fingerprint density at radius 1 is 1.05 bits per heavy atom. The smallest absolute Gasteiger partial charge is 0.0998 e. The third-order valence-electron chi connectivity index (χ3n) is 2.79. The van der Waals surface area contributed by atoms with Gasteiger partial charge in [-0.1, -0.05) is 6.07 Å². The van der Waals surface area contributed by atoms with Crippen LogP contribution in [-0.2, 0) is 6.42 Å². The van der Waals surface area contributed by atoms with Crippen LogP contribution in [0.4, 0.5) is 0 Å². The van der Waals surface area contributed by atoms with E-state index >= 15 is 0 Å². The Morgan fingerprint density at radius 3 is 2.65 bits per heavy atom. The Labute approximate surface area is 123 Å². The standard InChI is InChI=1S/C14H21N5S/c15-5-8-17-10-9-16-7-4-14-19-13(11-20-14)12-3-1-2-6-18-12/h1-3,6,11,16-17H,4-5,7-10,15H2. The number of nitrogens with two attached hydrogens (primary N) is 1. The number of nitrogens with zero attached hydrogens (tertiary/aromatic N) is 2. The molecule has 108 valence electrons. The predicted octanol–water partition coefficient (Wildman–Crippen LogP) is 0.886. The first kappa shape index (κ1) is 15.1. The van der Waals surface area contributed by atoms with Gasteiger partial charge in [0.25, 0.3) is 0 Å². The third kappa shape index (κ3) is 4.97. The van der Waals surface area contributed by atoms with Gasteiger partial charge < -0.3 is 16.4 Å². The zero-order chi connectivity index (χ0) is 14.0. The van der Waals surface area contributed by atoms with E-state index in [4.69, 9.17) is 5.73 Å². The molecule has 0 aliphatic heterocycles. The highest BCUT2D eigenvalue weighted by Gasteiger charge is 2.04. The lowest BCUT2D eigenvalue weighted by Gasteiger charge is -2.04. The second-order valence-corrected chi connectivity index (χ2v) is 5.32. The van der Waals surface area contributed by atoms with Crippen LogP contribution in [-0.4, -0.2) is 42.7 Å². The number of hydrogen-bond donors (Lipinski definition) is 3. The summed E-state index contributed by atoms with van der Waals surface area (Å²) in [6.45, 7) is 4.42. The maximum absolute atomic E-state index is 5.40. The van der Waals surface area contributed by atoms with Crippen molar-refractivity contribution in [2.75, 3.05) is 32.7 Å². The molecule has 5 nitrogen and oxygen atoms in total. The monoisotopic (exact) mass is 291 g/mol. The van der Waals surface area contributed by atoms with E-state index in [2.05, 4.69) is 26.0 Å². The summed E-state index contributed by atoms with van der Waals surface area (Å²) in [5, 5.41) is 9.86. The number of aromatic nitrogens is 2. The first-order chi connectivity index (χ1) is 9.90. The fourth-order valence-electron chi connectivity index (χ4n) is 1.78. The minimum atomic E-state index is 0.690. The van der Waals surface area contributed by atoms with Crippen LogP contribution in [0.5, 0.6) is 0 Å². The summed E-state index contributed by atoms with van der Waals surface area (Å²) in [6, 6.07) is 5.89. The molecule has 0 bridgehead atoms. The second-order valence-electron chi connectivity index (χ2n) is 4.38. The summed E-state index contributed by atoms with van der Waals surface area (Å²) in [4.78, 5) is 8.92. The normalized spacial score (nSPS) is 10.8. The Balaban J connectivity index is 1.69. The topological polar surface area (TPSA) is 75.9 Å². The van der Waals surface area contributed by atoms with Gasteiger partial charge in [0.2, 0.25) is 0 Å². The Hall–Kier alpha value is -1.34. The molecule has 0 radical (unpaired) electrons. The molecule has 0 amide bonds. The van der Waals surface area contributed by atoms with E-state index in [1.165, 1.54) is 0 Å². The highest BCUT2D eigenvalue weighted by atomic mass is 32.1. The van der Waals surface area contributed by atoms with Gasteiger partial charge in [-0.05, 0) is 12.1 Å². The Kier molecular flexibility index (Phi) is 6.59. The van der Waals surface area contributed by atoms with Crippen LogP contribution < -0.4 is 16.4 Å². The first-order valence-corrected chi connectivity index (χ1v) is 7.75. The van der Waals surface area contributed by atoms with Gasteiger partial charge in [0.05, 0.1) is 16.4 Å². The molecule has 6 heteroatoms. The minimum Gasteiger partial charge on any atom is -0.329 e. The second kappa shape index (κ2) is 8.76. The van der Waals surface area contributed by atoms with Crippen molar-refractivity contribution in [1.29, 1.82) is 0 Å². The van der Waals surface area contributed by atoms with Gasteiger partial charge >= 0.3 is 0 Å². The summed E-state index contributed by atoms with van der Waals surface area (Å²) < 4.78 is 0. The van der Waals surface area contributed by atoms with E-state index in [0.717, 1.165) is 49.0 Å². The summed E-state index contributed by atoms with van der Waals surface area (Å²) >= 11 is 1.69. The molecule has 0 fully saturated rings. The lowest BCUT2D eigenvalue weighted by Crippen LogP contribution is -2.31. The largest absolute Gasteiger partial charge is 0.329 e. The highest BCUT2D eigenvalue weighted by Crippen LogP contribution is 2.19. The maximum Gasteiger partial charge on any atom is 0.0998 e.